The maximum Gasteiger partial charge on any atom is 0.187 e. The van der Waals surface area contributed by atoms with Crippen molar-refractivity contribution in [1.82, 2.24) is 0 Å². The highest BCUT2D eigenvalue weighted by molar-refractivity contribution is 5.32. The summed E-state index contributed by atoms with van der Waals surface area (Å²) in [5, 5.41) is 118. The van der Waals surface area contributed by atoms with Gasteiger partial charge in [-0.15, -0.1) is 0 Å². The van der Waals surface area contributed by atoms with Crippen LogP contribution in [0.1, 0.15) is 106 Å². The molecule has 2 spiro atoms. The van der Waals surface area contributed by atoms with Crippen molar-refractivity contribution in [1.29, 1.82) is 0 Å². The van der Waals surface area contributed by atoms with Crippen LogP contribution in [0.15, 0.2) is 0 Å². The van der Waals surface area contributed by atoms with E-state index >= 15 is 0 Å². The van der Waals surface area contributed by atoms with E-state index in [1.54, 1.807) is 13.8 Å². The van der Waals surface area contributed by atoms with Gasteiger partial charge in [0.05, 0.1) is 43.2 Å². The fraction of sp³-hybridized carbons (Fsp3) is 1.00. The third-order valence-corrected chi connectivity index (χ3v) is 17.8. The number of rotatable bonds is 11. The summed E-state index contributed by atoms with van der Waals surface area (Å²) in [6.45, 7) is 13.2. The number of aliphatic hydroxyl groups excluding tert-OH is 11. The van der Waals surface area contributed by atoms with Crippen LogP contribution in [0.2, 0.25) is 0 Å². The molecule has 0 aromatic carbocycles. The average Bonchev–Trinajstić information content (AvgIpc) is 3.74. The average molecular weight is 817 g/mol. The molecule has 0 radical (unpaired) electrons. The van der Waals surface area contributed by atoms with Gasteiger partial charge in [0, 0.05) is 0 Å². The third-order valence-electron chi connectivity index (χ3n) is 17.8. The van der Waals surface area contributed by atoms with Crippen molar-refractivity contribution >= 4 is 0 Å². The first-order valence-electron chi connectivity index (χ1n) is 21.5. The molecular weight excluding hydrogens is 744 g/mol. The van der Waals surface area contributed by atoms with Crippen LogP contribution in [0, 0.1) is 50.7 Å². The molecule has 5 aliphatic carbocycles. The van der Waals surface area contributed by atoms with Crippen molar-refractivity contribution < 1.29 is 75.1 Å². The molecule has 15 heteroatoms. The Morgan fingerprint density at radius 2 is 1.28 bits per heavy atom. The monoisotopic (exact) mass is 816 g/mol. The van der Waals surface area contributed by atoms with Crippen LogP contribution in [0.5, 0.6) is 0 Å². The van der Waals surface area contributed by atoms with Gasteiger partial charge in [0.2, 0.25) is 0 Å². The summed E-state index contributed by atoms with van der Waals surface area (Å²) in [4.78, 5) is 0. The number of ether oxygens (including phenoxy) is 4. The smallest absolute Gasteiger partial charge is 0.187 e. The first kappa shape index (κ1) is 44.5. The predicted molar refractivity (Wildman–Crippen MR) is 202 cm³/mol. The topological polar surface area (TPSA) is 259 Å². The molecule has 2 saturated heterocycles. The Labute approximate surface area is 336 Å². The number of hydrogen-bond acceptors (Lipinski definition) is 15. The van der Waals surface area contributed by atoms with E-state index in [4.69, 9.17) is 18.9 Å². The van der Waals surface area contributed by atoms with Crippen molar-refractivity contribution in [3.63, 3.8) is 0 Å². The minimum absolute atomic E-state index is 0.00849. The predicted octanol–water partition coefficient (Wildman–Crippen LogP) is -0.0755. The molecule has 5 saturated carbocycles. The summed E-state index contributed by atoms with van der Waals surface area (Å²) in [6, 6.07) is 0. The zero-order chi connectivity index (χ0) is 42.0. The Kier molecular flexibility index (Phi) is 11.7. The van der Waals surface area contributed by atoms with Gasteiger partial charge in [0.15, 0.2) is 12.6 Å². The van der Waals surface area contributed by atoms with Crippen LogP contribution in [-0.4, -0.2) is 161 Å². The molecule has 11 N–H and O–H groups in total. The second kappa shape index (κ2) is 15.0. The van der Waals surface area contributed by atoms with Gasteiger partial charge >= 0.3 is 0 Å². The van der Waals surface area contributed by atoms with Gasteiger partial charge in [-0.25, -0.2) is 0 Å². The Morgan fingerprint density at radius 1 is 0.702 bits per heavy atom. The molecule has 0 bridgehead atoms. The van der Waals surface area contributed by atoms with Gasteiger partial charge < -0.3 is 75.1 Å². The minimum atomic E-state index is -1.60. The molecule has 2 aliphatic heterocycles. The van der Waals surface area contributed by atoms with E-state index in [1.165, 1.54) is 0 Å². The molecule has 330 valence electrons. The molecule has 0 aromatic heterocycles. The molecule has 7 rings (SSSR count). The normalized spacial score (nSPS) is 54.2. The summed E-state index contributed by atoms with van der Waals surface area (Å²) in [5.74, 6) is 0.0281. The maximum absolute atomic E-state index is 12.4. The lowest BCUT2D eigenvalue weighted by molar-refractivity contribution is -0.331. The lowest BCUT2D eigenvalue weighted by atomic mass is 9.41. The van der Waals surface area contributed by atoms with Crippen LogP contribution in [0.3, 0.4) is 0 Å². The fourth-order valence-corrected chi connectivity index (χ4v) is 14.5. The van der Waals surface area contributed by atoms with E-state index in [1.807, 2.05) is 0 Å². The molecule has 7 fully saturated rings. The zero-order valence-corrected chi connectivity index (χ0v) is 34.7. The lowest BCUT2D eigenvalue weighted by Crippen LogP contribution is -2.63. The molecule has 15 nitrogen and oxygen atoms in total. The van der Waals surface area contributed by atoms with Gasteiger partial charge in [0.25, 0.3) is 0 Å². The van der Waals surface area contributed by atoms with E-state index in [0.29, 0.717) is 32.1 Å². The fourth-order valence-electron chi connectivity index (χ4n) is 14.5. The van der Waals surface area contributed by atoms with Gasteiger partial charge in [-0.3, -0.25) is 0 Å². The van der Waals surface area contributed by atoms with Gasteiger partial charge in [-0.05, 0) is 122 Å². The van der Waals surface area contributed by atoms with Crippen molar-refractivity contribution in [2.45, 2.75) is 198 Å². The second-order valence-corrected chi connectivity index (χ2v) is 21.1. The van der Waals surface area contributed by atoms with Crippen molar-refractivity contribution in [3.05, 3.63) is 0 Å². The van der Waals surface area contributed by atoms with Crippen LogP contribution >= 0.6 is 0 Å². The Hall–Kier alpha value is -0.600. The highest BCUT2D eigenvalue weighted by atomic mass is 16.7. The van der Waals surface area contributed by atoms with E-state index in [0.717, 1.165) is 25.7 Å². The first-order chi connectivity index (χ1) is 26.5. The summed E-state index contributed by atoms with van der Waals surface area (Å²) >= 11 is 0. The molecule has 0 aromatic rings. The standard InChI is InChI=1S/C42H72O15/c1-19(8-9-25(47)38(4,5)57-36-33(53)31(51)29(49)23(17-44)55-36)27-21(46)15-40(7)34-20(45)14-24-37(2,3)26(56-35-32(52)30(50)28(48)22(16-43)54-35)10-11-41(24)18-42(34,41)13-12-39(27,40)6/h19-36,43-53H,8-18H2,1-7H3/t19-,20+,21+,22-,23-,24+,25-,26+,27+,28+,29+,30+,31+,32-,33-,34+,35+,36+,39-,40+,41-,42+/m1/s1. The van der Waals surface area contributed by atoms with Gasteiger partial charge in [-0.2, -0.15) is 0 Å². The molecule has 22 atom stereocenters. The minimum Gasteiger partial charge on any atom is -0.394 e. The van der Waals surface area contributed by atoms with Crippen molar-refractivity contribution in [3.8, 4) is 0 Å². The van der Waals surface area contributed by atoms with Crippen LogP contribution in [0.4, 0.5) is 0 Å². The van der Waals surface area contributed by atoms with Crippen LogP contribution in [0.25, 0.3) is 0 Å². The van der Waals surface area contributed by atoms with Gasteiger partial charge in [-0.1, -0.05) is 34.6 Å². The molecule has 0 amide bonds. The summed E-state index contributed by atoms with van der Waals surface area (Å²) in [7, 11) is 0. The van der Waals surface area contributed by atoms with E-state index in [-0.39, 0.29) is 51.4 Å². The van der Waals surface area contributed by atoms with Crippen LogP contribution in [-0.2, 0) is 18.9 Å². The molecular formula is C42H72O15. The second-order valence-electron chi connectivity index (χ2n) is 21.1. The van der Waals surface area contributed by atoms with E-state index < -0.39 is 104 Å². The largest absolute Gasteiger partial charge is 0.394 e. The molecule has 2 heterocycles. The summed E-state index contributed by atoms with van der Waals surface area (Å²) in [5.41, 5.74) is -2.39. The maximum atomic E-state index is 12.4. The van der Waals surface area contributed by atoms with Crippen molar-refractivity contribution in [2.75, 3.05) is 13.2 Å². The SMILES string of the molecule is C[C@H](CC[C@@H](O)C(C)(C)O[C@@H]1O[C@H](CO)[C@H](O)[C@H](O)[C@H]1O)[C@H]1[C@@H](O)C[C@@]2(C)[C@@H]3[C@@H](O)C[C@H]4C(C)(C)[C@@H](O[C@@H]5O[C@H](CO)[C@H](O)[C@H](O)[C@H]5O)CC[C@@]45C[C@@]35CC[C@]12C. The quantitative estimate of drug-likeness (QED) is 0.122. The lowest BCUT2D eigenvalue weighted by Gasteiger charge is -2.64. The van der Waals surface area contributed by atoms with Crippen LogP contribution < -0.4 is 0 Å². The highest BCUT2D eigenvalue weighted by Gasteiger charge is 2.84. The Balaban J connectivity index is 1.03. The molecule has 7 aliphatic rings. The molecule has 57 heavy (non-hydrogen) atoms. The summed E-state index contributed by atoms with van der Waals surface area (Å²) in [6.07, 6.45) is -10.1. The van der Waals surface area contributed by atoms with Crippen molar-refractivity contribution in [2.24, 2.45) is 50.7 Å². The van der Waals surface area contributed by atoms with E-state index in [9.17, 15) is 56.2 Å². The number of hydrogen-bond donors (Lipinski definition) is 11. The Bertz CT molecular complexity index is 1450. The summed E-state index contributed by atoms with van der Waals surface area (Å²) < 4.78 is 23.7. The zero-order valence-electron chi connectivity index (χ0n) is 34.7. The highest BCUT2D eigenvalue weighted by Crippen LogP contribution is 2.89. The van der Waals surface area contributed by atoms with Gasteiger partial charge in [0.1, 0.15) is 48.8 Å². The third kappa shape index (κ3) is 6.54. The Morgan fingerprint density at radius 3 is 1.88 bits per heavy atom. The first-order valence-corrected chi connectivity index (χ1v) is 21.5. The molecule has 0 unspecified atom stereocenters. The van der Waals surface area contributed by atoms with E-state index in [2.05, 4.69) is 34.6 Å². The number of aliphatic hydroxyl groups is 11. The number of fused-ring (bicyclic) bond motifs is 2.